The molecule has 2 atom stereocenters. The van der Waals surface area contributed by atoms with Gasteiger partial charge in [-0.25, -0.2) is 0 Å². The van der Waals surface area contributed by atoms with E-state index in [-0.39, 0.29) is 5.60 Å². The standard InChI is InChI=1S/C14H25N3O/c1-11(2)17-8-6-12(16-17)10-13(15-4)14(3)7-5-9-18-14/h6,8,11,13,15H,5,7,9-10H2,1-4H3. The van der Waals surface area contributed by atoms with Crippen LogP contribution in [-0.2, 0) is 11.2 Å². The Morgan fingerprint density at radius 3 is 2.83 bits per heavy atom. The van der Waals surface area contributed by atoms with Gasteiger partial charge >= 0.3 is 0 Å². The van der Waals surface area contributed by atoms with Gasteiger partial charge in [-0.1, -0.05) is 0 Å². The smallest absolute Gasteiger partial charge is 0.0811 e. The summed E-state index contributed by atoms with van der Waals surface area (Å²) >= 11 is 0. The molecule has 102 valence electrons. The van der Waals surface area contributed by atoms with Gasteiger partial charge in [0.25, 0.3) is 0 Å². The number of hydrogen-bond acceptors (Lipinski definition) is 3. The van der Waals surface area contributed by atoms with Gasteiger partial charge in [-0.2, -0.15) is 5.10 Å². The highest BCUT2D eigenvalue weighted by molar-refractivity contribution is 5.06. The van der Waals surface area contributed by atoms with E-state index in [4.69, 9.17) is 4.74 Å². The van der Waals surface area contributed by atoms with Crippen LogP contribution in [0.1, 0.15) is 45.3 Å². The van der Waals surface area contributed by atoms with E-state index >= 15 is 0 Å². The van der Waals surface area contributed by atoms with Crippen LogP contribution in [0.25, 0.3) is 0 Å². The second-order valence-corrected chi connectivity index (χ2v) is 5.69. The average molecular weight is 251 g/mol. The van der Waals surface area contributed by atoms with Crippen LogP contribution in [0, 0.1) is 0 Å². The Hall–Kier alpha value is -0.870. The van der Waals surface area contributed by atoms with Crippen LogP contribution in [0.2, 0.25) is 0 Å². The van der Waals surface area contributed by atoms with Crippen molar-refractivity contribution in [2.45, 2.75) is 57.7 Å². The molecule has 0 amide bonds. The van der Waals surface area contributed by atoms with Crippen molar-refractivity contribution < 1.29 is 4.74 Å². The zero-order chi connectivity index (χ0) is 13.2. The van der Waals surface area contributed by atoms with Gasteiger partial charge in [0.15, 0.2) is 0 Å². The Bertz CT molecular complexity index is 380. The van der Waals surface area contributed by atoms with Crippen molar-refractivity contribution in [2.24, 2.45) is 0 Å². The summed E-state index contributed by atoms with van der Waals surface area (Å²) in [4.78, 5) is 0. The highest BCUT2D eigenvalue weighted by Crippen LogP contribution is 2.30. The molecule has 1 saturated heterocycles. The minimum absolute atomic E-state index is 0.0453. The summed E-state index contributed by atoms with van der Waals surface area (Å²) in [6.07, 6.45) is 5.27. The average Bonchev–Trinajstić information content (AvgIpc) is 2.95. The van der Waals surface area contributed by atoms with Gasteiger partial charge in [0, 0.05) is 31.3 Å². The molecule has 2 rings (SSSR count). The summed E-state index contributed by atoms with van der Waals surface area (Å²) < 4.78 is 7.94. The Labute approximate surface area is 110 Å². The fraction of sp³-hybridized carbons (Fsp3) is 0.786. The summed E-state index contributed by atoms with van der Waals surface area (Å²) in [5.74, 6) is 0. The van der Waals surface area contributed by atoms with Crippen LogP contribution in [0.15, 0.2) is 12.3 Å². The van der Waals surface area contributed by atoms with E-state index in [2.05, 4.69) is 43.4 Å². The molecule has 0 spiro atoms. The van der Waals surface area contributed by atoms with Crippen molar-refractivity contribution in [3.05, 3.63) is 18.0 Å². The first kappa shape index (κ1) is 13.6. The molecular weight excluding hydrogens is 226 g/mol. The largest absolute Gasteiger partial charge is 0.374 e. The molecule has 2 unspecified atom stereocenters. The first-order chi connectivity index (χ1) is 8.55. The lowest BCUT2D eigenvalue weighted by Crippen LogP contribution is -2.48. The number of nitrogens with zero attached hydrogens (tertiary/aromatic N) is 2. The molecular formula is C14H25N3O. The van der Waals surface area contributed by atoms with Gasteiger partial charge in [-0.15, -0.1) is 0 Å². The predicted octanol–water partition coefficient (Wildman–Crippen LogP) is 2.16. The van der Waals surface area contributed by atoms with Crippen LogP contribution >= 0.6 is 0 Å². The Morgan fingerprint density at radius 1 is 1.56 bits per heavy atom. The molecule has 0 aromatic carbocycles. The van der Waals surface area contributed by atoms with Crippen molar-refractivity contribution in [1.82, 2.24) is 15.1 Å². The van der Waals surface area contributed by atoms with Crippen LogP contribution < -0.4 is 5.32 Å². The third-order valence-corrected chi connectivity index (χ3v) is 3.94. The molecule has 1 aromatic heterocycles. The normalized spacial score (nSPS) is 25.8. The van der Waals surface area contributed by atoms with Gasteiger partial charge in [0.2, 0.25) is 0 Å². The van der Waals surface area contributed by atoms with Gasteiger partial charge in [-0.05, 0) is 46.7 Å². The molecule has 4 nitrogen and oxygen atoms in total. The van der Waals surface area contributed by atoms with Gasteiger partial charge in [-0.3, -0.25) is 4.68 Å². The lowest BCUT2D eigenvalue weighted by atomic mass is 9.90. The third-order valence-electron chi connectivity index (χ3n) is 3.94. The summed E-state index contributed by atoms with van der Waals surface area (Å²) in [7, 11) is 2.01. The van der Waals surface area contributed by atoms with Crippen LogP contribution in [0.5, 0.6) is 0 Å². The molecule has 0 bridgehead atoms. The van der Waals surface area contributed by atoms with Crippen molar-refractivity contribution in [3.8, 4) is 0 Å². The summed E-state index contributed by atoms with van der Waals surface area (Å²) in [5.41, 5.74) is 1.09. The van der Waals surface area contributed by atoms with Crippen LogP contribution in [0.4, 0.5) is 0 Å². The Morgan fingerprint density at radius 2 is 2.33 bits per heavy atom. The monoisotopic (exact) mass is 251 g/mol. The molecule has 0 saturated carbocycles. The molecule has 1 aromatic rings. The lowest BCUT2D eigenvalue weighted by molar-refractivity contribution is -0.00970. The second-order valence-electron chi connectivity index (χ2n) is 5.69. The molecule has 4 heteroatoms. The number of ether oxygens (including phenoxy) is 1. The quantitative estimate of drug-likeness (QED) is 0.871. The van der Waals surface area contributed by atoms with Gasteiger partial charge < -0.3 is 10.1 Å². The number of likely N-dealkylation sites (N-methyl/N-ethyl adjacent to an activating group) is 1. The highest BCUT2D eigenvalue weighted by Gasteiger charge is 2.37. The highest BCUT2D eigenvalue weighted by atomic mass is 16.5. The second kappa shape index (κ2) is 5.41. The van der Waals surface area contributed by atoms with E-state index in [1.54, 1.807) is 0 Å². The first-order valence-corrected chi connectivity index (χ1v) is 6.90. The maximum absolute atomic E-state index is 5.92. The van der Waals surface area contributed by atoms with E-state index in [9.17, 15) is 0 Å². The summed E-state index contributed by atoms with van der Waals surface area (Å²) in [5, 5.41) is 8.02. The SMILES string of the molecule is CNC(Cc1ccn(C(C)C)n1)C1(C)CCCO1. The maximum atomic E-state index is 5.92. The minimum Gasteiger partial charge on any atom is -0.374 e. The van der Waals surface area contributed by atoms with Crippen molar-refractivity contribution in [2.75, 3.05) is 13.7 Å². The maximum Gasteiger partial charge on any atom is 0.0811 e. The van der Waals surface area contributed by atoms with E-state index in [1.807, 2.05) is 11.7 Å². The van der Waals surface area contributed by atoms with E-state index in [1.165, 1.54) is 0 Å². The number of nitrogens with one attached hydrogen (secondary N) is 1. The topological polar surface area (TPSA) is 39.1 Å². The van der Waals surface area contributed by atoms with Crippen molar-refractivity contribution in [3.63, 3.8) is 0 Å². The third kappa shape index (κ3) is 2.75. The van der Waals surface area contributed by atoms with Crippen LogP contribution in [0.3, 0.4) is 0 Å². The van der Waals surface area contributed by atoms with Crippen LogP contribution in [-0.4, -0.2) is 35.1 Å². The molecule has 2 heterocycles. The summed E-state index contributed by atoms with van der Waals surface area (Å²) in [6.45, 7) is 7.39. The molecule has 0 aliphatic carbocycles. The zero-order valence-corrected chi connectivity index (χ0v) is 11.9. The molecule has 1 fully saturated rings. The Balaban J connectivity index is 2.05. The molecule has 1 aliphatic heterocycles. The fourth-order valence-electron chi connectivity index (χ4n) is 2.68. The number of aromatic nitrogens is 2. The molecule has 0 radical (unpaired) electrons. The lowest BCUT2D eigenvalue weighted by Gasteiger charge is -2.32. The van der Waals surface area contributed by atoms with Gasteiger partial charge in [0.05, 0.1) is 11.3 Å². The van der Waals surface area contributed by atoms with Crippen molar-refractivity contribution >= 4 is 0 Å². The first-order valence-electron chi connectivity index (χ1n) is 6.90. The molecule has 1 N–H and O–H groups in total. The van der Waals surface area contributed by atoms with Gasteiger partial charge in [0.1, 0.15) is 0 Å². The molecule has 18 heavy (non-hydrogen) atoms. The minimum atomic E-state index is -0.0453. The van der Waals surface area contributed by atoms with E-state index in [0.29, 0.717) is 12.1 Å². The fourth-order valence-corrected chi connectivity index (χ4v) is 2.68. The zero-order valence-electron chi connectivity index (χ0n) is 11.9. The van der Waals surface area contributed by atoms with E-state index in [0.717, 1.165) is 31.6 Å². The number of rotatable bonds is 5. The predicted molar refractivity (Wildman–Crippen MR) is 72.8 cm³/mol. The molecule has 1 aliphatic rings. The van der Waals surface area contributed by atoms with Crippen molar-refractivity contribution in [1.29, 1.82) is 0 Å². The summed E-state index contributed by atoms with van der Waals surface area (Å²) in [6, 6.07) is 2.86. The van der Waals surface area contributed by atoms with E-state index < -0.39 is 0 Å². The Kier molecular flexibility index (Phi) is 4.07. The number of hydrogen-bond donors (Lipinski definition) is 1.